The average Bonchev–Trinajstić information content (AvgIpc) is 2.80. The van der Waals surface area contributed by atoms with Gasteiger partial charge >= 0.3 is 5.97 Å². The van der Waals surface area contributed by atoms with E-state index in [1.165, 1.54) is 12.2 Å². The normalized spacial score (nSPS) is 12.8. The maximum atomic E-state index is 11.0. The third-order valence-corrected chi connectivity index (χ3v) is 2.32. The molecule has 0 amide bonds. The largest absolute Gasteiger partial charge is 0.463 e. The van der Waals surface area contributed by atoms with E-state index in [0.29, 0.717) is 13.0 Å². The highest BCUT2D eigenvalue weighted by Crippen LogP contribution is 2.02. The summed E-state index contributed by atoms with van der Waals surface area (Å²) in [5.41, 5.74) is 0. The zero-order valence-corrected chi connectivity index (χ0v) is 10.1. The number of nitrogens with zero attached hydrogens (tertiary/aromatic N) is 1. The summed E-state index contributed by atoms with van der Waals surface area (Å²) in [4.78, 5) is 11.0. The molecule has 1 atom stereocenters. The van der Waals surface area contributed by atoms with Crippen molar-refractivity contribution < 1.29 is 14.6 Å². The van der Waals surface area contributed by atoms with Crippen LogP contribution < -0.4 is 0 Å². The number of esters is 1. The first-order valence-corrected chi connectivity index (χ1v) is 5.86. The monoisotopic (exact) mass is 237 g/mol. The van der Waals surface area contributed by atoms with Gasteiger partial charge in [0.2, 0.25) is 0 Å². The molecule has 1 unspecified atom stereocenters. The Labute approximate surface area is 102 Å². The molecule has 0 aromatic carbocycles. The number of aliphatic hydroxyl groups excluding tert-OH is 1. The van der Waals surface area contributed by atoms with Gasteiger partial charge < -0.3 is 14.4 Å². The number of ether oxygens (including phenoxy) is 1. The molecule has 0 bridgehead atoms. The standard InChI is InChI=1S/C13H19NO3/c1-2-17-13(16)8-7-12(15)6-5-11-14-9-3-4-10-14/h3-4,7-10,12,15H,2,5-6,11H2,1H3/b8-7+. The number of carbonyl (C=O) groups excluding carboxylic acids is 1. The first-order chi connectivity index (χ1) is 8.22. The van der Waals surface area contributed by atoms with Gasteiger partial charge in [-0.3, -0.25) is 0 Å². The Kier molecular flexibility index (Phi) is 6.10. The van der Waals surface area contributed by atoms with Gasteiger partial charge in [0.25, 0.3) is 0 Å². The van der Waals surface area contributed by atoms with E-state index in [4.69, 9.17) is 4.74 Å². The number of carbonyl (C=O) groups is 1. The third-order valence-electron chi connectivity index (χ3n) is 2.32. The molecule has 1 rings (SSSR count). The summed E-state index contributed by atoms with van der Waals surface area (Å²) in [5.74, 6) is -0.406. The molecular formula is C13H19NO3. The highest BCUT2D eigenvalue weighted by atomic mass is 16.5. The summed E-state index contributed by atoms with van der Waals surface area (Å²) in [7, 11) is 0. The number of hydrogen-bond donors (Lipinski definition) is 1. The van der Waals surface area contributed by atoms with E-state index in [9.17, 15) is 9.90 Å². The van der Waals surface area contributed by atoms with Crippen LogP contribution in [0.25, 0.3) is 0 Å². The fourth-order valence-corrected chi connectivity index (χ4v) is 1.48. The van der Waals surface area contributed by atoms with E-state index in [0.717, 1.165) is 13.0 Å². The van der Waals surface area contributed by atoms with Crippen LogP contribution in [0.2, 0.25) is 0 Å². The molecule has 1 heterocycles. The summed E-state index contributed by atoms with van der Waals surface area (Å²) < 4.78 is 6.77. The van der Waals surface area contributed by atoms with Crippen molar-refractivity contribution >= 4 is 5.97 Å². The highest BCUT2D eigenvalue weighted by Gasteiger charge is 2.01. The molecule has 4 heteroatoms. The van der Waals surface area contributed by atoms with Gasteiger partial charge in [-0.1, -0.05) is 0 Å². The smallest absolute Gasteiger partial charge is 0.330 e. The molecule has 0 fully saturated rings. The second-order valence-corrected chi connectivity index (χ2v) is 3.74. The Morgan fingerprint density at radius 2 is 2.18 bits per heavy atom. The molecule has 0 saturated carbocycles. The van der Waals surface area contributed by atoms with Gasteiger partial charge in [0.1, 0.15) is 0 Å². The van der Waals surface area contributed by atoms with Gasteiger partial charge in [-0.15, -0.1) is 0 Å². The number of aryl methyl sites for hydroxylation is 1. The molecule has 0 aliphatic carbocycles. The molecule has 0 aliphatic heterocycles. The van der Waals surface area contributed by atoms with Gasteiger partial charge in [-0.25, -0.2) is 4.79 Å². The van der Waals surface area contributed by atoms with Gasteiger partial charge in [-0.2, -0.15) is 0 Å². The quantitative estimate of drug-likeness (QED) is 0.580. The van der Waals surface area contributed by atoms with Crippen LogP contribution in [0.15, 0.2) is 36.7 Å². The van der Waals surface area contributed by atoms with Crippen LogP contribution in [0.3, 0.4) is 0 Å². The Balaban J connectivity index is 2.16. The summed E-state index contributed by atoms with van der Waals surface area (Å²) in [6, 6.07) is 3.94. The lowest BCUT2D eigenvalue weighted by Crippen LogP contribution is -2.07. The molecule has 1 N–H and O–H groups in total. The molecular weight excluding hydrogens is 218 g/mol. The van der Waals surface area contributed by atoms with E-state index >= 15 is 0 Å². The molecule has 0 aliphatic rings. The lowest BCUT2D eigenvalue weighted by atomic mass is 10.2. The second-order valence-electron chi connectivity index (χ2n) is 3.74. The third kappa shape index (κ3) is 5.92. The van der Waals surface area contributed by atoms with Crippen molar-refractivity contribution in [1.29, 1.82) is 0 Å². The van der Waals surface area contributed by atoms with Crippen LogP contribution in [0.5, 0.6) is 0 Å². The molecule has 94 valence electrons. The van der Waals surface area contributed by atoms with E-state index in [-0.39, 0.29) is 0 Å². The fraction of sp³-hybridized carbons (Fsp3) is 0.462. The Hall–Kier alpha value is -1.55. The molecule has 4 nitrogen and oxygen atoms in total. The van der Waals surface area contributed by atoms with Crippen LogP contribution >= 0.6 is 0 Å². The SMILES string of the molecule is CCOC(=O)/C=C/C(O)CCCn1cccc1. The van der Waals surface area contributed by atoms with Crippen molar-refractivity contribution in [1.82, 2.24) is 4.57 Å². The van der Waals surface area contributed by atoms with E-state index < -0.39 is 12.1 Å². The Bertz CT molecular complexity index is 344. The zero-order valence-electron chi connectivity index (χ0n) is 10.1. The van der Waals surface area contributed by atoms with Crippen molar-refractivity contribution in [3.8, 4) is 0 Å². The van der Waals surface area contributed by atoms with Crippen molar-refractivity contribution in [2.75, 3.05) is 6.61 Å². The second kappa shape index (κ2) is 7.68. The van der Waals surface area contributed by atoms with Crippen molar-refractivity contribution in [2.24, 2.45) is 0 Å². The lowest BCUT2D eigenvalue weighted by molar-refractivity contribution is -0.137. The average molecular weight is 237 g/mol. The first kappa shape index (κ1) is 13.5. The Morgan fingerprint density at radius 1 is 1.47 bits per heavy atom. The van der Waals surface area contributed by atoms with Gasteiger partial charge in [0.15, 0.2) is 0 Å². The number of rotatable bonds is 7. The molecule has 1 aromatic rings. The van der Waals surface area contributed by atoms with Crippen LogP contribution in [-0.4, -0.2) is 28.4 Å². The number of hydrogen-bond acceptors (Lipinski definition) is 3. The summed E-state index contributed by atoms with van der Waals surface area (Å²) in [5, 5.41) is 9.59. The summed E-state index contributed by atoms with van der Waals surface area (Å²) in [6.07, 6.45) is 7.64. The summed E-state index contributed by atoms with van der Waals surface area (Å²) in [6.45, 7) is 2.98. The van der Waals surface area contributed by atoms with Crippen LogP contribution in [0.1, 0.15) is 19.8 Å². The van der Waals surface area contributed by atoms with Crippen molar-refractivity contribution in [2.45, 2.75) is 32.4 Å². The van der Waals surface area contributed by atoms with E-state index in [1.54, 1.807) is 6.92 Å². The van der Waals surface area contributed by atoms with Crippen molar-refractivity contribution in [3.63, 3.8) is 0 Å². The van der Waals surface area contributed by atoms with Gasteiger partial charge in [-0.05, 0) is 38.0 Å². The minimum absolute atomic E-state index is 0.354. The number of aromatic nitrogens is 1. The maximum absolute atomic E-state index is 11.0. The van der Waals surface area contributed by atoms with Gasteiger partial charge in [0.05, 0.1) is 12.7 Å². The van der Waals surface area contributed by atoms with Crippen LogP contribution in [-0.2, 0) is 16.1 Å². The topological polar surface area (TPSA) is 51.5 Å². The molecule has 17 heavy (non-hydrogen) atoms. The fourth-order valence-electron chi connectivity index (χ4n) is 1.48. The van der Waals surface area contributed by atoms with E-state index in [2.05, 4.69) is 4.57 Å². The summed E-state index contributed by atoms with van der Waals surface area (Å²) >= 11 is 0. The van der Waals surface area contributed by atoms with E-state index in [1.807, 2.05) is 24.5 Å². The van der Waals surface area contributed by atoms with Crippen LogP contribution in [0.4, 0.5) is 0 Å². The minimum Gasteiger partial charge on any atom is -0.463 e. The number of aliphatic hydroxyl groups is 1. The predicted octanol–water partition coefficient (Wildman–Crippen LogP) is 1.75. The minimum atomic E-state index is -0.588. The lowest BCUT2D eigenvalue weighted by Gasteiger charge is -2.06. The maximum Gasteiger partial charge on any atom is 0.330 e. The molecule has 0 spiro atoms. The Morgan fingerprint density at radius 3 is 2.82 bits per heavy atom. The molecule has 0 saturated heterocycles. The zero-order chi connectivity index (χ0) is 12.5. The van der Waals surface area contributed by atoms with Gasteiger partial charge in [0, 0.05) is 25.0 Å². The van der Waals surface area contributed by atoms with Crippen LogP contribution in [0, 0.1) is 0 Å². The predicted molar refractivity (Wildman–Crippen MR) is 65.4 cm³/mol. The first-order valence-electron chi connectivity index (χ1n) is 5.86. The molecule has 1 aromatic heterocycles. The molecule has 0 radical (unpaired) electrons. The van der Waals surface area contributed by atoms with Crippen molar-refractivity contribution in [3.05, 3.63) is 36.7 Å². The highest BCUT2D eigenvalue weighted by molar-refractivity contribution is 5.81.